The summed E-state index contributed by atoms with van der Waals surface area (Å²) in [7, 11) is 0. The van der Waals surface area contributed by atoms with Crippen molar-refractivity contribution in [1.29, 1.82) is 0 Å². The summed E-state index contributed by atoms with van der Waals surface area (Å²) in [6, 6.07) is 17.6. The number of carbonyl (C=O) groups is 1. The lowest BCUT2D eigenvalue weighted by Crippen LogP contribution is -2.30. The number of aromatic amines is 2. The number of nitrogens with one attached hydrogen (secondary N) is 3. The number of carbonyl (C=O) groups excluding carboxylic acids is 1. The van der Waals surface area contributed by atoms with E-state index >= 15 is 0 Å². The molecule has 0 atom stereocenters. The van der Waals surface area contributed by atoms with Gasteiger partial charge >= 0.3 is 5.69 Å². The Bertz CT molecular complexity index is 1150. The van der Waals surface area contributed by atoms with Gasteiger partial charge in [-0.05, 0) is 55.2 Å². The molecule has 0 saturated carbocycles. The Hall–Kier alpha value is -3.94. The van der Waals surface area contributed by atoms with Crippen LogP contribution in [0.5, 0.6) is 5.75 Å². The number of hydrazone groups is 1. The van der Waals surface area contributed by atoms with Crippen LogP contribution >= 0.6 is 0 Å². The maximum absolute atomic E-state index is 12.0. The monoisotopic (exact) mass is 420 g/mol. The molecule has 31 heavy (non-hydrogen) atoms. The molecule has 0 spiro atoms. The fraction of sp³-hybridized carbons (Fsp3) is 0.217. The van der Waals surface area contributed by atoms with Gasteiger partial charge in [0.25, 0.3) is 5.56 Å². The van der Waals surface area contributed by atoms with Crippen LogP contribution in [0.2, 0.25) is 0 Å². The first-order valence-corrected chi connectivity index (χ1v) is 9.92. The van der Waals surface area contributed by atoms with Gasteiger partial charge in [0, 0.05) is 11.3 Å². The normalized spacial score (nSPS) is 10.9. The number of hydrogen-bond donors (Lipinski definition) is 3. The van der Waals surface area contributed by atoms with Crippen molar-refractivity contribution in [1.82, 2.24) is 15.4 Å². The van der Waals surface area contributed by atoms with Gasteiger partial charge in [-0.1, -0.05) is 30.3 Å². The number of hydrogen-bond acceptors (Lipinski definition) is 5. The number of H-pyrrole nitrogens is 2. The van der Waals surface area contributed by atoms with E-state index in [4.69, 9.17) is 4.74 Å². The zero-order chi connectivity index (χ0) is 22.1. The van der Waals surface area contributed by atoms with Crippen LogP contribution in [0.4, 0.5) is 0 Å². The van der Waals surface area contributed by atoms with Crippen LogP contribution in [0.1, 0.15) is 28.8 Å². The van der Waals surface area contributed by atoms with E-state index in [1.165, 1.54) is 11.8 Å². The molecule has 1 heterocycles. The summed E-state index contributed by atoms with van der Waals surface area (Å²) in [4.78, 5) is 39.5. The second-order valence-corrected chi connectivity index (χ2v) is 6.99. The Morgan fingerprint density at radius 1 is 1.06 bits per heavy atom. The molecule has 2 aromatic carbocycles. The molecule has 0 bridgehead atoms. The van der Waals surface area contributed by atoms with E-state index in [9.17, 15) is 14.4 Å². The average molecular weight is 420 g/mol. The van der Waals surface area contributed by atoms with Crippen molar-refractivity contribution in [3.05, 3.63) is 97.8 Å². The molecule has 1 amide bonds. The first-order chi connectivity index (χ1) is 15.0. The van der Waals surface area contributed by atoms with Gasteiger partial charge in [-0.15, -0.1) is 0 Å². The molecule has 8 nitrogen and oxygen atoms in total. The van der Waals surface area contributed by atoms with Crippen molar-refractivity contribution < 1.29 is 9.53 Å². The fourth-order valence-electron chi connectivity index (χ4n) is 2.98. The van der Waals surface area contributed by atoms with Crippen molar-refractivity contribution in [3.8, 4) is 5.75 Å². The number of nitrogens with zero attached hydrogens (tertiary/aromatic N) is 1. The molecule has 0 radical (unpaired) electrons. The minimum absolute atomic E-state index is 0.189. The van der Waals surface area contributed by atoms with E-state index in [1.807, 2.05) is 42.5 Å². The SMILES string of the molecule is Cc1[nH]c(=O)[nH]c(=O)c1CC(=O)N/N=C\c1ccc(OCCCc2ccccc2)cc1. The second-order valence-electron chi connectivity index (χ2n) is 6.99. The molecule has 3 aromatic rings. The minimum Gasteiger partial charge on any atom is -0.494 e. The van der Waals surface area contributed by atoms with Crippen molar-refractivity contribution in [2.75, 3.05) is 6.61 Å². The summed E-state index contributed by atoms with van der Waals surface area (Å²) in [6.07, 6.45) is 3.21. The maximum atomic E-state index is 12.0. The summed E-state index contributed by atoms with van der Waals surface area (Å²) >= 11 is 0. The number of benzene rings is 2. The zero-order valence-electron chi connectivity index (χ0n) is 17.2. The van der Waals surface area contributed by atoms with Crippen LogP contribution in [0.25, 0.3) is 0 Å². The number of ether oxygens (including phenoxy) is 1. The van der Waals surface area contributed by atoms with Gasteiger partial charge in [0.05, 0.1) is 19.2 Å². The summed E-state index contributed by atoms with van der Waals surface area (Å²) in [5.74, 6) is 0.303. The summed E-state index contributed by atoms with van der Waals surface area (Å²) in [5.41, 5.74) is 3.82. The molecule has 0 aliphatic carbocycles. The third-order valence-corrected chi connectivity index (χ3v) is 4.60. The van der Waals surface area contributed by atoms with E-state index in [1.54, 1.807) is 6.92 Å². The van der Waals surface area contributed by atoms with Gasteiger partial charge in [0.15, 0.2) is 0 Å². The first-order valence-electron chi connectivity index (χ1n) is 9.92. The zero-order valence-corrected chi connectivity index (χ0v) is 17.2. The summed E-state index contributed by atoms with van der Waals surface area (Å²) < 4.78 is 5.75. The molecule has 0 aliphatic rings. The van der Waals surface area contributed by atoms with Crippen LogP contribution in [0, 0.1) is 6.92 Å². The van der Waals surface area contributed by atoms with Gasteiger partial charge in [-0.3, -0.25) is 14.6 Å². The van der Waals surface area contributed by atoms with Crippen molar-refractivity contribution >= 4 is 12.1 Å². The lowest BCUT2D eigenvalue weighted by molar-refractivity contribution is -0.120. The summed E-state index contributed by atoms with van der Waals surface area (Å²) in [5, 5.41) is 3.90. The lowest BCUT2D eigenvalue weighted by atomic mass is 10.1. The molecular formula is C23H24N4O4. The van der Waals surface area contributed by atoms with Crippen LogP contribution in [-0.4, -0.2) is 28.7 Å². The van der Waals surface area contributed by atoms with Crippen LogP contribution in [0.15, 0.2) is 69.3 Å². The quantitative estimate of drug-likeness (QED) is 0.279. The highest BCUT2D eigenvalue weighted by Gasteiger charge is 2.10. The highest BCUT2D eigenvalue weighted by Crippen LogP contribution is 2.12. The summed E-state index contributed by atoms with van der Waals surface area (Å²) in [6.45, 7) is 2.19. The van der Waals surface area contributed by atoms with E-state index in [0.29, 0.717) is 12.3 Å². The van der Waals surface area contributed by atoms with E-state index in [-0.39, 0.29) is 12.0 Å². The molecule has 160 valence electrons. The lowest BCUT2D eigenvalue weighted by Gasteiger charge is -2.06. The Morgan fingerprint density at radius 2 is 1.81 bits per heavy atom. The Morgan fingerprint density at radius 3 is 2.52 bits per heavy atom. The second kappa shape index (κ2) is 10.7. The molecular weight excluding hydrogens is 396 g/mol. The predicted octanol–water partition coefficient (Wildman–Crippen LogP) is 2.08. The minimum atomic E-state index is -0.603. The van der Waals surface area contributed by atoms with Crippen molar-refractivity contribution in [2.45, 2.75) is 26.2 Å². The number of rotatable bonds is 9. The largest absolute Gasteiger partial charge is 0.494 e. The molecule has 8 heteroatoms. The van der Waals surface area contributed by atoms with Gasteiger partial charge < -0.3 is 9.72 Å². The third kappa shape index (κ3) is 6.81. The van der Waals surface area contributed by atoms with E-state index in [0.717, 1.165) is 24.2 Å². The van der Waals surface area contributed by atoms with Gasteiger partial charge in [-0.2, -0.15) is 5.10 Å². The highest BCUT2D eigenvalue weighted by atomic mass is 16.5. The molecule has 3 N–H and O–H groups in total. The van der Waals surface area contributed by atoms with Gasteiger partial charge in [0.2, 0.25) is 5.91 Å². The van der Waals surface area contributed by atoms with Crippen LogP contribution in [0.3, 0.4) is 0 Å². The Kier molecular flexibility index (Phi) is 7.53. The fourth-order valence-corrected chi connectivity index (χ4v) is 2.98. The molecule has 0 unspecified atom stereocenters. The van der Waals surface area contributed by atoms with Crippen molar-refractivity contribution in [2.24, 2.45) is 5.10 Å². The number of amides is 1. The molecule has 1 aromatic heterocycles. The number of aromatic nitrogens is 2. The predicted molar refractivity (Wildman–Crippen MR) is 119 cm³/mol. The van der Waals surface area contributed by atoms with Gasteiger partial charge in [0.1, 0.15) is 5.75 Å². The Labute approximate surface area is 179 Å². The average Bonchev–Trinajstić information content (AvgIpc) is 2.75. The third-order valence-electron chi connectivity index (χ3n) is 4.60. The molecule has 0 fully saturated rings. The number of aryl methyl sites for hydroxylation is 2. The first kappa shape index (κ1) is 21.8. The maximum Gasteiger partial charge on any atom is 0.325 e. The molecule has 0 aliphatic heterocycles. The molecule has 0 saturated heterocycles. The Balaban J connectivity index is 1.43. The van der Waals surface area contributed by atoms with Crippen molar-refractivity contribution in [3.63, 3.8) is 0 Å². The van der Waals surface area contributed by atoms with E-state index in [2.05, 4.69) is 32.6 Å². The molecule has 3 rings (SSSR count). The highest BCUT2D eigenvalue weighted by molar-refractivity contribution is 5.83. The standard InChI is InChI=1S/C23H24N4O4/c1-16-20(22(29)26-23(30)25-16)14-21(28)27-24-15-18-9-11-19(12-10-18)31-13-5-8-17-6-3-2-4-7-17/h2-4,6-7,9-12,15H,5,8,13-14H2,1H3,(H,27,28)(H2,25,26,29,30)/b24-15-. The smallest absolute Gasteiger partial charge is 0.325 e. The van der Waals surface area contributed by atoms with Gasteiger partial charge in [-0.25, -0.2) is 10.2 Å². The van der Waals surface area contributed by atoms with Crippen LogP contribution < -0.4 is 21.4 Å². The van der Waals surface area contributed by atoms with Crippen LogP contribution in [-0.2, 0) is 17.6 Å². The topological polar surface area (TPSA) is 116 Å². The van der Waals surface area contributed by atoms with E-state index < -0.39 is 17.2 Å².